The Morgan fingerprint density at radius 2 is 1.06 bits per heavy atom. The Bertz CT molecular complexity index is 3160. The second-order valence-electron chi connectivity index (χ2n) is 14.0. The summed E-state index contributed by atoms with van der Waals surface area (Å²) >= 11 is 0. The normalized spacial score (nSPS) is 12.7. The van der Waals surface area contributed by atoms with Crippen molar-refractivity contribution in [3.8, 4) is 34.3 Å². The minimum absolute atomic E-state index is 0.651. The number of benzene rings is 7. The van der Waals surface area contributed by atoms with Crippen molar-refractivity contribution >= 4 is 60.6 Å². The van der Waals surface area contributed by atoms with E-state index in [0.717, 1.165) is 46.5 Å². The van der Waals surface area contributed by atoms with Crippen LogP contribution in [0.15, 0.2) is 164 Å². The smallest absolute Gasteiger partial charge is 0.0991 e. The molecule has 0 N–H and O–H groups in total. The van der Waals surface area contributed by atoms with Crippen LogP contribution >= 0.6 is 0 Å². The second-order valence-corrected chi connectivity index (χ2v) is 14.0. The molecule has 7 aromatic carbocycles. The molecule has 1 aliphatic carbocycles. The van der Waals surface area contributed by atoms with Crippen LogP contribution in [0.1, 0.15) is 23.2 Å². The van der Waals surface area contributed by atoms with E-state index in [4.69, 9.17) is 0 Å². The van der Waals surface area contributed by atoms with Crippen molar-refractivity contribution in [3.05, 3.63) is 181 Å². The number of fused-ring (bicyclic) bond motifs is 9. The molecule has 0 amide bonds. The highest BCUT2D eigenvalue weighted by molar-refractivity contribution is 6.19. The summed E-state index contributed by atoms with van der Waals surface area (Å²) in [5.74, 6) is 0. The van der Waals surface area contributed by atoms with Crippen LogP contribution in [-0.4, -0.2) is 13.7 Å². The topological polar surface area (TPSA) is 38.6 Å². The molecule has 11 rings (SSSR count). The summed E-state index contributed by atoms with van der Waals surface area (Å²) in [6, 6.07) is 58.9. The quantitative estimate of drug-likeness (QED) is 0.183. The molecule has 3 heterocycles. The zero-order chi connectivity index (χ0) is 35.0. The van der Waals surface area contributed by atoms with Gasteiger partial charge in [-0.05, 0) is 91.2 Å². The predicted octanol–water partition coefficient (Wildman–Crippen LogP) is 12.3. The van der Waals surface area contributed by atoms with Crippen molar-refractivity contribution in [2.45, 2.75) is 12.8 Å². The van der Waals surface area contributed by atoms with Gasteiger partial charge in [0.25, 0.3) is 0 Å². The average molecular weight is 677 g/mol. The molecule has 0 saturated carbocycles. The van der Waals surface area contributed by atoms with Crippen LogP contribution in [0.4, 0.5) is 0 Å². The lowest BCUT2D eigenvalue weighted by Crippen LogP contribution is -2.05. The molecule has 4 heteroatoms. The first-order chi connectivity index (χ1) is 26.3. The Labute approximate surface area is 306 Å². The Hall–Kier alpha value is -7.09. The van der Waals surface area contributed by atoms with Crippen molar-refractivity contribution < 1.29 is 0 Å². The van der Waals surface area contributed by atoms with E-state index >= 15 is 0 Å². The van der Waals surface area contributed by atoms with Crippen LogP contribution in [0.2, 0.25) is 0 Å². The third kappa shape index (κ3) is 4.35. The summed E-state index contributed by atoms with van der Waals surface area (Å²) in [5.41, 5.74) is 14.6. The van der Waals surface area contributed by atoms with Crippen LogP contribution in [0, 0.1) is 11.3 Å². The first-order valence-electron chi connectivity index (χ1n) is 18.2. The first-order valence-corrected chi connectivity index (χ1v) is 18.2. The van der Waals surface area contributed by atoms with E-state index in [0.29, 0.717) is 5.56 Å². The van der Waals surface area contributed by atoms with Gasteiger partial charge in [0.2, 0.25) is 0 Å². The summed E-state index contributed by atoms with van der Waals surface area (Å²) in [7, 11) is 0. The second kappa shape index (κ2) is 11.5. The molecule has 248 valence electrons. The van der Waals surface area contributed by atoms with Gasteiger partial charge in [0.05, 0.1) is 44.9 Å². The van der Waals surface area contributed by atoms with E-state index in [-0.39, 0.29) is 0 Å². The molecular weight excluding hydrogens is 645 g/mol. The third-order valence-corrected chi connectivity index (χ3v) is 11.1. The van der Waals surface area contributed by atoms with E-state index in [1.165, 1.54) is 60.3 Å². The highest BCUT2D eigenvalue weighted by Crippen LogP contribution is 2.41. The molecule has 0 atom stereocenters. The van der Waals surface area contributed by atoms with Crippen LogP contribution < -0.4 is 0 Å². The highest BCUT2D eigenvalue weighted by Gasteiger charge is 2.22. The average Bonchev–Trinajstić information content (AvgIpc) is 3.85. The van der Waals surface area contributed by atoms with Crippen LogP contribution in [0.25, 0.3) is 88.8 Å². The number of allylic oxidation sites excluding steroid dienone is 1. The Morgan fingerprint density at radius 3 is 1.72 bits per heavy atom. The maximum absolute atomic E-state index is 10.0. The first kappa shape index (κ1) is 29.6. The number of nitriles is 1. The lowest BCUT2D eigenvalue weighted by atomic mass is 9.99. The number of aromatic nitrogens is 3. The molecule has 53 heavy (non-hydrogen) atoms. The summed E-state index contributed by atoms with van der Waals surface area (Å²) < 4.78 is 7.21. The molecule has 3 aromatic heterocycles. The van der Waals surface area contributed by atoms with Gasteiger partial charge in [0.1, 0.15) is 0 Å². The highest BCUT2D eigenvalue weighted by atomic mass is 15.0. The molecule has 0 saturated heterocycles. The monoisotopic (exact) mass is 676 g/mol. The van der Waals surface area contributed by atoms with E-state index in [1.54, 1.807) is 0 Å². The molecule has 0 spiro atoms. The molecule has 0 bridgehead atoms. The van der Waals surface area contributed by atoms with Gasteiger partial charge in [-0.2, -0.15) is 5.26 Å². The van der Waals surface area contributed by atoms with Gasteiger partial charge in [-0.25, -0.2) is 0 Å². The Kier molecular flexibility index (Phi) is 6.41. The fourth-order valence-corrected chi connectivity index (χ4v) is 8.83. The van der Waals surface area contributed by atoms with Crippen molar-refractivity contribution in [1.82, 2.24) is 13.7 Å². The SMILES string of the molecule is N#Cc1ccc(-n2c3c(c4ccccc42)C=CCC3)c(-c2ccc(-n3c4ccccc4c4cc5c6ccccc6n(-c6ccccc6)c5cc43)cc2)c1. The van der Waals surface area contributed by atoms with Crippen molar-refractivity contribution in [3.63, 3.8) is 0 Å². The maximum Gasteiger partial charge on any atom is 0.0991 e. The van der Waals surface area contributed by atoms with Gasteiger partial charge in [-0.1, -0.05) is 97.1 Å². The van der Waals surface area contributed by atoms with Crippen molar-refractivity contribution in [2.75, 3.05) is 0 Å². The number of hydrogen-bond donors (Lipinski definition) is 0. The Balaban J connectivity index is 1.13. The van der Waals surface area contributed by atoms with E-state index in [1.807, 2.05) is 12.1 Å². The van der Waals surface area contributed by atoms with Gasteiger partial charge < -0.3 is 13.7 Å². The fraction of sp³-hybridized carbons (Fsp3) is 0.0408. The van der Waals surface area contributed by atoms with Gasteiger partial charge in [-0.3, -0.25) is 0 Å². The summed E-state index contributed by atoms with van der Waals surface area (Å²) in [6.07, 6.45) is 6.54. The number of hydrogen-bond acceptors (Lipinski definition) is 1. The van der Waals surface area contributed by atoms with E-state index in [2.05, 4.69) is 178 Å². The number of nitrogens with zero attached hydrogens (tertiary/aromatic N) is 4. The van der Waals surface area contributed by atoms with Gasteiger partial charge >= 0.3 is 0 Å². The number of para-hydroxylation sites is 4. The standard InChI is InChI=1S/C49H32N4/c50-31-32-22-27-47(53-45-20-10-4-14-36(45)37-15-5-11-21-46(37)53)40(28-32)33-23-25-35(26-24-33)52-44-19-9-7-17-39(44)42-29-41-38-16-6-8-18-43(38)51(48(41)30-49(42)52)34-12-2-1-3-13-34/h1-10,12-20,22-30H,11,21H2. The van der Waals surface area contributed by atoms with Crippen LogP contribution in [0.5, 0.6) is 0 Å². The minimum atomic E-state index is 0.651. The van der Waals surface area contributed by atoms with Gasteiger partial charge in [-0.15, -0.1) is 0 Å². The summed E-state index contributed by atoms with van der Waals surface area (Å²) in [4.78, 5) is 0. The minimum Gasteiger partial charge on any atom is -0.312 e. The molecule has 4 nitrogen and oxygen atoms in total. The molecule has 0 aliphatic heterocycles. The largest absolute Gasteiger partial charge is 0.312 e. The van der Waals surface area contributed by atoms with Crippen molar-refractivity contribution in [2.24, 2.45) is 0 Å². The molecule has 0 unspecified atom stereocenters. The predicted molar refractivity (Wildman–Crippen MR) is 219 cm³/mol. The summed E-state index contributed by atoms with van der Waals surface area (Å²) in [6.45, 7) is 0. The molecule has 1 aliphatic rings. The zero-order valence-electron chi connectivity index (χ0n) is 28.9. The summed E-state index contributed by atoms with van der Waals surface area (Å²) in [5, 5.41) is 16.2. The Morgan fingerprint density at radius 1 is 0.472 bits per heavy atom. The number of rotatable bonds is 4. The van der Waals surface area contributed by atoms with Gasteiger partial charge in [0.15, 0.2) is 0 Å². The van der Waals surface area contributed by atoms with Crippen LogP contribution in [-0.2, 0) is 6.42 Å². The van der Waals surface area contributed by atoms with Crippen molar-refractivity contribution in [1.29, 1.82) is 5.26 Å². The van der Waals surface area contributed by atoms with E-state index in [9.17, 15) is 5.26 Å². The molecule has 0 radical (unpaired) electrons. The zero-order valence-corrected chi connectivity index (χ0v) is 28.9. The molecule has 0 fully saturated rings. The van der Waals surface area contributed by atoms with Gasteiger partial charge in [0, 0.05) is 55.1 Å². The van der Waals surface area contributed by atoms with E-state index < -0.39 is 0 Å². The lowest BCUT2D eigenvalue weighted by molar-refractivity contribution is 0.889. The molecule has 10 aromatic rings. The van der Waals surface area contributed by atoms with Crippen LogP contribution in [0.3, 0.4) is 0 Å². The third-order valence-electron chi connectivity index (χ3n) is 11.1. The molecular formula is C49H32N4. The lowest BCUT2D eigenvalue weighted by Gasteiger charge is -2.18. The fourth-order valence-electron chi connectivity index (χ4n) is 8.83. The maximum atomic E-state index is 10.0.